The minimum Gasteiger partial charge on any atom is -0.479 e. The molecule has 0 unspecified atom stereocenters. The van der Waals surface area contributed by atoms with Crippen molar-refractivity contribution in [3.8, 4) is 22.8 Å². The van der Waals surface area contributed by atoms with Crippen LogP contribution in [0.2, 0.25) is 0 Å². The first kappa shape index (κ1) is 18.5. The smallest absolute Gasteiger partial charge is 0.311 e. The Balaban J connectivity index is 1.49. The maximum Gasteiger partial charge on any atom is 0.311 e. The van der Waals surface area contributed by atoms with Gasteiger partial charge in [-0.15, -0.1) is 0 Å². The highest BCUT2D eigenvalue weighted by molar-refractivity contribution is 5.83. The molecule has 2 aromatic heterocycles. The van der Waals surface area contributed by atoms with Crippen molar-refractivity contribution in [2.45, 2.75) is 12.8 Å². The van der Waals surface area contributed by atoms with E-state index in [0.717, 1.165) is 5.56 Å². The van der Waals surface area contributed by atoms with Gasteiger partial charge in [-0.2, -0.15) is 0 Å². The van der Waals surface area contributed by atoms with Crippen molar-refractivity contribution >= 4 is 16.9 Å². The van der Waals surface area contributed by atoms with Crippen molar-refractivity contribution in [3.05, 3.63) is 76.8 Å². The van der Waals surface area contributed by atoms with Gasteiger partial charge in [0.25, 0.3) is 5.88 Å². The predicted molar refractivity (Wildman–Crippen MR) is 105 cm³/mol. The molecule has 0 atom stereocenters. The van der Waals surface area contributed by atoms with Crippen LogP contribution in [0.3, 0.4) is 0 Å². The molecule has 0 amide bonds. The first-order chi connectivity index (χ1) is 14.1. The Kier molecular flexibility index (Phi) is 5.11. The van der Waals surface area contributed by atoms with Crippen molar-refractivity contribution in [1.29, 1.82) is 0 Å². The summed E-state index contributed by atoms with van der Waals surface area (Å²) in [6.45, 7) is 0. The summed E-state index contributed by atoms with van der Waals surface area (Å²) in [4.78, 5) is 24.9. The normalized spacial score (nSPS) is 10.8. The van der Waals surface area contributed by atoms with Crippen LogP contribution in [0.25, 0.3) is 22.1 Å². The number of benzene rings is 2. The topological polar surface area (TPSA) is 91.8 Å². The standard InChI is InChI=1S/C22H17NO6/c1-26-20-12-16(29-23-20)8-10-21(24)28-15-7-9-17-19(11-15)27-13-18(22(17)25)14-5-3-2-4-6-14/h2-7,9,11-13H,8,10H2,1H3. The second-order valence-electron chi connectivity index (χ2n) is 6.31. The molecule has 7 heteroatoms. The van der Waals surface area contributed by atoms with Crippen molar-refractivity contribution < 1.29 is 23.2 Å². The molecular weight excluding hydrogens is 374 g/mol. The van der Waals surface area contributed by atoms with Crippen LogP contribution in [0.4, 0.5) is 0 Å². The summed E-state index contributed by atoms with van der Waals surface area (Å²) in [6.07, 6.45) is 1.86. The summed E-state index contributed by atoms with van der Waals surface area (Å²) >= 11 is 0. The summed E-state index contributed by atoms with van der Waals surface area (Å²) in [5, 5.41) is 4.09. The summed E-state index contributed by atoms with van der Waals surface area (Å²) in [5.74, 6) is 0.737. The minimum absolute atomic E-state index is 0.104. The highest BCUT2D eigenvalue weighted by Gasteiger charge is 2.13. The highest BCUT2D eigenvalue weighted by atomic mass is 16.5. The molecule has 0 aliphatic rings. The molecule has 146 valence electrons. The summed E-state index contributed by atoms with van der Waals surface area (Å²) in [7, 11) is 1.48. The average Bonchev–Trinajstić information content (AvgIpc) is 3.21. The van der Waals surface area contributed by atoms with E-state index < -0.39 is 5.97 Å². The van der Waals surface area contributed by atoms with Crippen molar-refractivity contribution in [1.82, 2.24) is 5.16 Å². The van der Waals surface area contributed by atoms with E-state index >= 15 is 0 Å². The van der Waals surface area contributed by atoms with Crippen LogP contribution < -0.4 is 14.9 Å². The number of hydrogen-bond acceptors (Lipinski definition) is 7. The molecule has 2 heterocycles. The SMILES string of the molecule is COc1cc(CCC(=O)Oc2ccc3c(=O)c(-c4ccccc4)coc3c2)on1. The van der Waals surface area contributed by atoms with E-state index in [1.165, 1.54) is 19.4 Å². The summed E-state index contributed by atoms with van der Waals surface area (Å²) in [6, 6.07) is 15.6. The molecular formula is C22H17NO6. The Hall–Kier alpha value is -3.87. The van der Waals surface area contributed by atoms with E-state index in [9.17, 15) is 9.59 Å². The lowest BCUT2D eigenvalue weighted by Crippen LogP contribution is -2.09. The quantitative estimate of drug-likeness (QED) is 0.362. The molecule has 4 rings (SSSR count). The molecule has 7 nitrogen and oxygen atoms in total. The molecule has 0 fully saturated rings. The van der Waals surface area contributed by atoms with E-state index in [1.54, 1.807) is 18.2 Å². The molecule has 0 N–H and O–H groups in total. The van der Waals surface area contributed by atoms with Gasteiger partial charge in [-0.05, 0) is 22.9 Å². The van der Waals surface area contributed by atoms with Gasteiger partial charge < -0.3 is 18.4 Å². The molecule has 0 spiro atoms. The monoisotopic (exact) mass is 391 g/mol. The van der Waals surface area contributed by atoms with Crippen LogP contribution in [0, 0.1) is 0 Å². The van der Waals surface area contributed by atoms with Gasteiger partial charge in [-0.3, -0.25) is 9.59 Å². The Morgan fingerprint density at radius 3 is 2.69 bits per heavy atom. The molecule has 29 heavy (non-hydrogen) atoms. The molecule has 0 bridgehead atoms. The van der Waals surface area contributed by atoms with Gasteiger partial charge in [-0.1, -0.05) is 30.3 Å². The van der Waals surface area contributed by atoms with Gasteiger partial charge >= 0.3 is 5.97 Å². The van der Waals surface area contributed by atoms with Gasteiger partial charge in [-0.25, -0.2) is 0 Å². The number of fused-ring (bicyclic) bond motifs is 1. The zero-order valence-corrected chi connectivity index (χ0v) is 15.6. The lowest BCUT2D eigenvalue weighted by atomic mass is 10.1. The molecule has 0 radical (unpaired) electrons. The third-order valence-electron chi connectivity index (χ3n) is 4.38. The predicted octanol–water partition coefficient (Wildman–Crippen LogP) is 3.99. The molecule has 4 aromatic rings. The highest BCUT2D eigenvalue weighted by Crippen LogP contribution is 2.23. The Morgan fingerprint density at radius 2 is 1.93 bits per heavy atom. The second kappa shape index (κ2) is 8.02. The summed E-state index contributed by atoms with van der Waals surface area (Å²) in [5.41, 5.74) is 1.46. The Morgan fingerprint density at radius 1 is 1.10 bits per heavy atom. The molecule has 0 saturated heterocycles. The Labute approximate surface area is 165 Å². The lowest BCUT2D eigenvalue weighted by molar-refractivity contribution is -0.134. The zero-order chi connectivity index (χ0) is 20.2. The van der Waals surface area contributed by atoms with Crippen molar-refractivity contribution in [2.75, 3.05) is 7.11 Å². The fourth-order valence-electron chi connectivity index (χ4n) is 2.90. The minimum atomic E-state index is -0.442. The number of esters is 1. The van der Waals surface area contributed by atoms with Gasteiger partial charge in [0.2, 0.25) is 0 Å². The number of rotatable bonds is 6. The van der Waals surface area contributed by atoms with Gasteiger partial charge in [0, 0.05) is 18.6 Å². The van der Waals surface area contributed by atoms with Gasteiger partial charge in [0.15, 0.2) is 5.43 Å². The van der Waals surface area contributed by atoms with E-state index in [2.05, 4.69) is 5.16 Å². The van der Waals surface area contributed by atoms with Crippen LogP contribution in [0.1, 0.15) is 12.2 Å². The molecule has 2 aromatic carbocycles. The Bertz CT molecular complexity index is 1210. The molecule has 0 aliphatic heterocycles. The first-order valence-corrected chi connectivity index (χ1v) is 8.95. The molecule has 0 saturated carbocycles. The van der Waals surface area contributed by atoms with Crippen LogP contribution >= 0.6 is 0 Å². The lowest BCUT2D eigenvalue weighted by Gasteiger charge is -2.06. The number of nitrogens with zero attached hydrogens (tertiary/aromatic N) is 1. The van der Waals surface area contributed by atoms with Crippen LogP contribution in [-0.4, -0.2) is 18.2 Å². The van der Waals surface area contributed by atoms with E-state index in [-0.39, 0.29) is 11.8 Å². The molecule has 0 aliphatic carbocycles. The third kappa shape index (κ3) is 4.03. The maximum absolute atomic E-state index is 12.8. The number of carbonyl (C=O) groups excluding carboxylic acids is 1. The van der Waals surface area contributed by atoms with Gasteiger partial charge in [0.05, 0.1) is 24.5 Å². The van der Waals surface area contributed by atoms with E-state index in [1.807, 2.05) is 30.3 Å². The third-order valence-corrected chi connectivity index (χ3v) is 4.38. The number of aromatic nitrogens is 1. The van der Waals surface area contributed by atoms with Crippen LogP contribution in [0.5, 0.6) is 11.6 Å². The van der Waals surface area contributed by atoms with Crippen molar-refractivity contribution in [3.63, 3.8) is 0 Å². The van der Waals surface area contributed by atoms with Crippen molar-refractivity contribution in [2.24, 2.45) is 0 Å². The zero-order valence-electron chi connectivity index (χ0n) is 15.6. The van der Waals surface area contributed by atoms with Crippen LogP contribution in [0.15, 0.2) is 74.6 Å². The number of hydrogen-bond donors (Lipinski definition) is 0. The maximum atomic E-state index is 12.8. The van der Waals surface area contributed by atoms with Gasteiger partial charge in [0.1, 0.15) is 23.4 Å². The fraction of sp³-hybridized carbons (Fsp3) is 0.136. The summed E-state index contributed by atoms with van der Waals surface area (Å²) < 4.78 is 20.9. The number of methoxy groups -OCH3 is 1. The first-order valence-electron chi connectivity index (χ1n) is 8.95. The number of ether oxygens (including phenoxy) is 2. The second-order valence-corrected chi connectivity index (χ2v) is 6.31. The average molecular weight is 391 g/mol. The number of aryl methyl sites for hydroxylation is 1. The number of carbonyl (C=O) groups is 1. The van der Waals surface area contributed by atoms with Crippen LogP contribution in [-0.2, 0) is 11.2 Å². The fourth-order valence-corrected chi connectivity index (χ4v) is 2.90. The largest absolute Gasteiger partial charge is 0.479 e. The van der Waals surface area contributed by atoms with E-state index in [4.69, 9.17) is 18.4 Å². The van der Waals surface area contributed by atoms with E-state index in [0.29, 0.717) is 40.3 Å².